The van der Waals surface area contributed by atoms with Crippen molar-refractivity contribution in [1.82, 2.24) is 5.32 Å². The smallest absolute Gasteiger partial charge is 0.188 e. The summed E-state index contributed by atoms with van der Waals surface area (Å²) in [7, 11) is 0. The Hall–Kier alpha value is -0.770. The van der Waals surface area contributed by atoms with Gasteiger partial charge >= 0.3 is 0 Å². The molecular formula is C10H25N3O. The molecule has 0 aliphatic rings. The lowest BCUT2D eigenvalue weighted by molar-refractivity contribution is 0.637. The van der Waals surface area contributed by atoms with Crippen LogP contribution in [0.3, 0.4) is 0 Å². The monoisotopic (exact) mass is 203 g/mol. The molecule has 0 aliphatic carbocycles. The highest BCUT2D eigenvalue weighted by Gasteiger charge is 1.89. The van der Waals surface area contributed by atoms with E-state index in [9.17, 15) is 0 Å². The van der Waals surface area contributed by atoms with Crippen molar-refractivity contribution in [1.29, 1.82) is 0 Å². The van der Waals surface area contributed by atoms with Gasteiger partial charge in [-0.25, -0.2) is 0 Å². The van der Waals surface area contributed by atoms with Crippen molar-refractivity contribution in [3.63, 3.8) is 0 Å². The Morgan fingerprint density at radius 2 is 1.79 bits per heavy atom. The van der Waals surface area contributed by atoms with Crippen LogP contribution in [0.1, 0.15) is 46.0 Å². The van der Waals surface area contributed by atoms with Crippen LogP contribution in [0, 0.1) is 0 Å². The summed E-state index contributed by atoms with van der Waals surface area (Å²) in [4.78, 5) is 4.19. The average molecular weight is 203 g/mol. The van der Waals surface area contributed by atoms with Crippen LogP contribution in [0.25, 0.3) is 0 Å². The first-order valence-electron chi connectivity index (χ1n) is 5.35. The zero-order valence-corrected chi connectivity index (χ0v) is 9.47. The Kier molecular flexibility index (Phi) is 13.7. The molecule has 0 aliphatic heterocycles. The van der Waals surface area contributed by atoms with E-state index < -0.39 is 0 Å². The molecule has 0 amide bonds. The molecule has 0 rings (SSSR count). The van der Waals surface area contributed by atoms with Gasteiger partial charge in [0.1, 0.15) is 0 Å². The summed E-state index contributed by atoms with van der Waals surface area (Å²) in [6, 6.07) is 0. The van der Waals surface area contributed by atoms with Gasteiger partial charge in [0.15, 0.2) is 5.96 Å². The van der Waals surface area contributed by atoms with E-state index in [-0.39, 0.29) is 5.48 Å². The van der Waals surface area contributed by atoms with Gasteiger partial charge in [0, 0.05) is 13.1 Å². The van der Waals surface area contributed by atoms with Crippen LogP contribution < -0.4 is 11.1 Å². The number of unbranched alkanes of at least 4 members (excludes halogenated alkanes) is 4. The van der Waals surface area contributed by atoms with E-state index in [0.717, 1.165) is 19.5 Å². The van der Waals surface area contributed by atoms with E-state index in [0.29, 0.717) is 5.96 Å². The average Bonchev–Trinajstić information content (AvgIpc) is 2.11. The van der Waals surface area contributed by atoms with Crippen LogP contribution in [0.5, 0.6) is 0 Å². The SMILES string of the molecule is CCCCCCCN=C(N)NCC.O. The fourth-order valence-electron chi connectivity index (χ4n) is 1.15. The van der Waals surface area contributed by atoms with Gasteiger partial charge in [-0.15, -0.1) is 0 Å². The molecule has 0 spiro atoms. The normalized spacial score (nSPS) is 10.9. The zero-order chi connectivity index (χ0) is 9.94. The first-order valence-corrected chi connectivity index (χ1v) is 5.35. The summed E-state index contributed by atoms with van der Waals surface area (Å²) < 4.78 is 0. The van der Waals surface area contributed by atoms with Crippen LogP contribution in [0.15, 0.2) is 4.99 Å². The molecule has 0 aromatic heterocycles. The second-order valence-corrected chi connectivity index (χ2v) is 3.21. The molecule has 4 nitrogen and oxygen atoms in total. The van der Waals surface area contributed by atoms with E-state index >= 15 is 0 Å². The third-order valence-corrected chi connectivity index (χ3v) is 1.90. The molecule has 5 N–H and O–H groups in total. The van der Waals surface area contributed by atoms with Gasteiger partial charge in [-0.2, -0.15) is 0 Å². The van der Waals surface area contributed by atoms with Crippen LogP contribution in [0.4, 0.5) is 0 Å². The molecule has 0 heterocycles. The number of nitrogens with zero attached hydrogens (tertiary/aromatic N) is 1. The van der Waals surface area contributed by atoms with Crippen molar-refractivity contribution in [2.75, 3.05) is 13.1 Å². The summed E-state index contributed by atoms with van der Waals surface area (Å²) in [6.07, 6.45) is 6.39. The maximum atomic E-state index is 5.56. The standard InChI is InChI=1S/C10H23N3.H2O/c1-3-5-6-7-8-9-13-10(11)12-4-2;/h3-9H2,1-2H3,(H3,11,12,13);1H2. The lowest BCUT2D eigenvalue weighted by Gasteiger charge is -2.01. The first kappa shape index (κ1) is 15.7. The molecule has 0 saturated heterocycles. The van der Waals surface area contributed by atoms with Crippen LogP contribution in [-0.4, -0.2) is 24.5 Å². The zero-order valence-electron chi connectivity index (χ0n) is 9.47. The lowest BCUT2D eigenvalue weighted by Crippen LogP contribution is -2.31. The fraction of sp³-hybridized carbons (Fsp3) is 0.900. The second-order valence-electron chi connectivity index (χ2n) is 3.21. The highest BCUT2D eigenvalue weighted by molar-refractivity contribution is 5.77. The van der Waals surface area contributed by atoms with E-state index in [1.165, 1.54) is 25.7 Å². The molecule has 0 atom stereocenters. The lowest BCUT2D eigenvalue weighted by atomic mass is 10.2. The molecule has 0 saturated carbocycles. The van der Waals surface area contributed by atoms with Crippen LogP contribution >= 0.6 is 0 Å². The summed E-state index contributed by atoms with van der Waals surface area (Å²) in [5.74, 6) is 0.581. The molecule has 0 unspecified atom stereocenters. The van der Waals surface area contributed by atoms with Gasteiger partial charge in [0.05, 0.1) is 0 Å². The van der Waals surface area contributed by atoms with Crippen LogP contribution in [-0.2, 0) is 0 Å². The van der Waals surface area contributed by atoms with Crippen molar-refractivity contribution in [2.24, 2.45) is 10.7 Å². The number of nitrogens with one attached hydrogen (secondary N) is 1. The summed E-state index contributed by atoms with van der Waals surface area (Å²) in [5.41, 5.74) is 5.56. The topological polar surface area (TPSA) is 81.9 Å². The van der Waals surface area contributed by atoms with E-state index in [1.807, 2.05) is 6.92 Å². The quantitative estimate of drug-likeness (QED) is 0.368. The van der Waals surface area contributed by atoms with Gasteiger partial charge in [-0.1, -0.05) is 32.6 Å². The molecule has 0 fully saturated rings. The minimum Gasteiger partial charge on any atom is -0.412 e. The molecule has 0 radical (unpaired) electrons. The number of rotatable bonds is 7. The Morgan fingerprint density at radius 3 is 2.36 bits per heavy atom. The van der Waals surface area contributed by atoms with Crippen molar-refractivity contribution < 1.29 is 5.48 Å². The number of nitrogens with two attached hydrogens (primary N) is 1. The third kappa shape index (κ3) is 11.2. The molecule has 0 aromatic carbocycles. The Bertz CT molecular complexity index is 137. The maximum Gasteiger partial charge on any atom is 0.188 e. The van der Waals surface area contributed by atoms with Crippen LogP contribution in [0.2, 0.25) is 0 Å². The van der Waals surface area contributed by atoms with Crippen molar-refractivity contribution >= 4 is 5.96 Å². The molecular weight excluding hydrogens is 178 g/mol. The molecule has 14 heavy (non-hydrogen) atoms. The second kappa shape index (κ2) is 12.2. The largest absolute Gasteiger partial charge is 0.412 e. The van der Waals surface area contributed by atoms with E-state index in [2.05, 4.69) is 17.2 Å². The summed E-state index contributed by atoms with van der Waals surface area (Å²) in [5, 5.41) is 2.98. The van der Waals surface area contributed by atoms with Gasteiger partial charge < -0.3 is 16.5 Å². The van der Waals surface area contributed by atoms with Gasteiger partial charge in [-0.05, 0) is 13.3 Å². The Labute approximate surface area is 87.3 Å². The summed E-state index contributed by atoms with van der Waals surface area (Å²) >= 11 is 0. The molecule has 0 bridgehead atoms. The van der Waals surface area contributed by atoms with Gasteiger partial charge in [0.25, 0.3) is 0 Å². The number of aliphatic imine (C=N–C) groups is 1. The van der Waals surface area contributed by atoms with Crippen molar-refractivity contribution in [3.8, 4) is 0 Å². The van der Waals surface area contributed by atoms with Crippen molar-refractivity contribution in [3.05, 3.63) is 0 Å². The minimum atomic E-state index is 0. The van der Waals surface area contributed by atoms with Crippen molar-refractivity contribution in [2.45, 2.75) is 46.0 Å². The van der Waals surface area contributed by atoms with E-state index in [1.54, 1.807) is 0 Å². The fourth-order valence-corrected chi connectivity index (χ4v) is 1.15. The number of hydrogen-bond acceptors (Lipinski definition) is 1. The van der Waals surface area contributed by atoms with Gasteiger partial charge in [-0.3, -0.25) is 4.99 Å². The van der Waals surface area contributed by atoms with E-state index in [4.69, 9.17) is 5.73 Å². The Morgan fingerprint density at radius 1 is 1.14 bits per heavy atom. The number of hydrogen-bond donors (Lipinski definition) is 2. The molecule has 4 heteroatoms. The molecule has 86 valence electrons. The minimum absolute atomic E-state index is 0. The number of guanidine groups is 1. The Balaban J connectivity index is 0. The predicted molar refractivity (Wildman–Crippen MR) is 62.5 cm³/mol. The summed E-state index contributed by atoms with van der Waals surface area (Å²) in [6.45, 7) is 5.96. The van der Waals surface area contributed by atoms with Gasteiger partial charge in [0.2, 0.25) is 0 Å². The predicted octanol–water partition coefficient (Wildman–Crippen LogP) is 1.06. The highest BCUT2D eigenvalue weighted by atomic mass is 16.0. The maximum absolute atomic E-state index is 5.56. The highest BCUT2D eigenvalue weighted by Crippen LogP contribution is 2.01. The molecule has 0 aromatic rings. The third-order valence-electron chi connectivity index (χ3n) is 1.90. The first-order chi connectivity index (χ1) is 6.31.